The zero-order valence-corrected chi connectivity index (χ0v) is 74.6. The summed E-state index contributed by atoms with van der Waals surface area (Å²) in [5.41, 5.74) is 22.7. The van der Waals surface area contributed by atoms with Gasteiger partial charge in [-0.25, -0.2) is 0 Å². The van der Waals surface area contributed by atoms with Crippen molar-refractivity contribution in [3.8, 4) is 45.3 Å². The van der Waals surface area contributed by atoms with Gasteiger partial charge in [-0.2, -0.15) is 0 Å². The van der Waals surface area contributed by atoms with Gasteiger partial charge in [-0.1, -0.05) is 285 Å². The van der Waals surface area contributed by atoms with Gasteiger partial charge in [0.15, 0.2) is 0 Å². The van der Waals surface area contributed by atoms with E-state index in [2.05, 4.69) is 475 Å². The molecule has 6 nitrogen and oxygen atoms in total. The molecule has 2 heterocycles. The van der Waals surface area contributed by atoms with Gasteiger partial charge in [-0.05, 0) is 272 Å². The average molecular weight is 1660 g/mol. The van der Waals surface area contributed by atoms with Crippen LogP contribution in [0, 0.1) is 27.7 Å². The van der Waals surface area contributed by atoms with Gasteiger partial charge in [0.1, 0.15) is 23.0 Å². The van der Waals surface area contributed by atoms with Crippen LogP contribution in [-0.2, 0) is 0 Å². The Balaban J connectivity index is 0.000000149. The molecule has 0 atom stereocenters. The highest BCUT2D eigenvalue weighted by atomic mass is 28.3. The topological polar surface area (TPSA) is 31.4 Å². The summed E-state index contributed by atoms with van der Waals surface area (Å²) in [5.74, 6) is 3.50. The molecule has 8 heteroatoms. The van der Waals surface area contributed by atoms with E-state index < -0.39 is 16.1 Å². The molecule has 0 bridgehead atoms. The normalized spacial score (nSPS) is 12.2. The number of rotatable bonds is 14. The van der Waals surface area contributed by atoms with E-state index in [0.29, 0.717) is 0 Å². The van der Waals surface area contributed by atoms with Crippen molar-refractivity contribution in [1.82, 2.24) is 0 Å². The molecule has 2 aliphatic rings. The highest BCUT2D eigenvalue weighted by Crippen LogP contribution is 2.57. The minimum absolute atomic E-state index is 0.858. The summed E-state index contributed by atoms with van der Waals surface area (Å²) in [5, 5.41) is 24.7. The third-order valence-corrected chi connectivity index (χ3v) is 29.9. The molecule has 606 valence electrons. The van der Waals surface area contributed by atoms with E-state index in [4.69, 9.17) is 9.47 Å². The molecule has 0 saturated heterocycles. The number of anilines is 12. The first-order valence-electron chi connectivity index (χ1n) is 43.9. The summed E-state index contributed by atoms with van der Waals surface area (Å²) < 4.78 is 14.1. The summed E-state index contributed by atoms with van der Waals surface area (Å²) in [6.45, 7) is 23.2. The Hall–Kier alpha value is -14.8. The number of ether oxygens (including phenoxy) is 2. The third kappa shape index (κ3) is 13.5. The standard InChI is InChI=1S/C61H48N2OSi.C57H46N2OSi/c1-39-24-30-50-52(32-39)53-37-56-51-31-27-45(62(42-17-8-6-9-18-42)44-25-28-46(29-26-44)65(3,4)5)36-59(51)64-60-34-40(2)33-55(61(56)60)54(53)38-58(50)63(43-19-10-7-11-20-43)57-35-41-16-12-13-21-47(41)48-22-14-15-23-49(48)57;1-37-20-28-47-49(30-37)50-35-53-48-29-25-45(58(41-16-8-6-9-17-41)43-23-26-46(27-24-43)61(3,4)5)34-55(48)60-56-32-38(2)31-52(57(53)56)51(50)36-54(47)59(42-18-10-7-11-19-42)44-22-21-39-14-12-13-15-40(39)33-44/h6-38H,1-5H3;6-36H,1-5H3. The van der Waals surface area contributed by atoms with Crippen molar-refractivity contribution in [2.75, 3.05) is 19.6 Å². The number of aryl methyl sites for hydroxylation is 4. The molecule has 0 N–H and O–H groups in total. The Bertz CT molecular complexity index is 7960. The van der Waals surface area contributed by atoms with Gasteiger partial charge >= 0.3 is 0 Å². The molecule has 0 fully saturated rings. The van der Waals surface area contributed by atoms with Crippen LogP contribution in [0.25, 0.3) is 119 Å². The molecule has 2 aliphatic heterocycles. The second kappa shape index (κ2) is 30.6. The number of fused-ring (bicyclic) bond motifs is 16. The number of benzene rings is 21. The molecular formula is C118H94N4O2Si2. The largest absolute Gasteiger partial charge is 0.456 e. The Morgan fingerprint density at radius 2 is 0.516 bits per heavy atom. The van der Waals surface area contributed by atoms with Gasteiger partial charge in [0.05, 0.1) is 33.2 Å². The van der Waals surface area contributed by atoms with Crippen LogP contribution in [-0.4, -0.2) is 16.1 Å². The third-order valence-electron chi connectivity index (χ3n) is 25.8. The molecule has 0 spiro atoms. The number of nitrogens with zero attached hydrogens (tertiary/aromatic N) is 4. The van der Waals surface area contributed by atoms with Crippen LogP contribution in [0.3, 0.4) is 0 Å². The Morgan fingerprint density at radius 1 is 0.183 bits per heavy atom. The van der Waals surface area contributed by atoms with Crippen molar-refractivity contribution in [1.29, 1.82) is 0 Å². The van der Waals surface area contributed by atoms with Crippen LogP contribution in [0.15, 0.2) is 388 Å². The van der Waals surface area contributed by atoms with Crippen molar-refractivity contribution >= 4 is 192 Å². The fourth-order valence-corrected chi connectivity index (χ4v) is 22.0. The predicted molar refractivity (Wildman–Crippen MR) is 545 cm³/mol. The van der Waals surface area contributed by atoms with Crippen LogP contribution in [0.1, 0.15) is 22.3 Å². The van der Waals surface area contributed by atoms with Crippen LogP contribution >= 0.6 is 0 Å². The fourth-order valence-electron chi connectivity index (χ4n) is 19.7. The minimum Gasteiger partial charge on any atom is -0.456 e. The highest BCUT2D eigenvalue weighted by Gasteiger charge is 2.32. The van der Waals surface area contributed by atoms with Crippen molar-refractivity contribution in [3.63, 3.8) is 0 Å². The maximum atomic E-state index is 7.09. The summed E-state index contributed by atoms with van der Waals surface area (Å²) in [6, 6.07) is 143. The Labute approximate surface area is 738 Å². The van der Waals surface area contributed by atoms with Crippen molar-refractivity contribution < 1.29 is 9.47 Å². The average Bonchev–Trinajstić information content (AvgIpc) is 0.710. The Kier molecular flexibility index (Phi) is 18.8. The molecule has 0 unspecified atom stereocenters. The predicted octanol–water partition coefficient (Wildman–Crippen LogP) is 33.5. The van der Waals surface area contributed by atoms with E-state index in [1.54, 1.807) is 0 Å². The van der Waals surface area contributed by atoms with Gasteiger partial charge in [0, 0.05) is 101 Å². The molecule has 0 amide bonds. The summed E-state index contributed by atoms with van der Waals surface area (Å²) in [7, 11) is -2.93. The first-order valence-corrected chi connectivity index (χ1v) is 50.9. The molecule has 126 heavy (non-hydrogen) atoms. The zero-order valence-electron chi connectivity index (χ0n) is 72.6. The summed E-state index contributed by atoms with van der Waals surface area (Å²) >= 11 is 0. The molecule has 0 radical (unpaired) electrons. The van der Waals surface area contributed by atoms with Crippen LogP contribution in [0.2, 0.25) is 39.3 Å². The zero-order chi connectivity index (χ0) is 85.4. The molecule has 21 aromatic carbocycles. The second-order valence-corrected chi connectivity index (χ2v) is 46.5. The van der Waals surface area contributed by atoms with Crippen molar-refractivity contribution in [2.24, 2.45) is 0 Å². The SMILES string of the molecule is Cc1ccc2c(N(c3ccccc3)c3cc4ccccc4c4ccccc34)cc3c4cc(C)cc5c4c(cc3c2c1)-c1ccc(N(c2ccccc2)c2ccc([Si](C)(C)C)cc2)cc1O5.Cc1ccc2c(N(c3ccccc3)c3ccc4ccccc4c3)cc3c4cc(C)cc5c4c(cc3c2c1)-c1ccc(N(c2ccccc2)c2ccc([Si](C)(C)C)cc2)cc1O5. The molecular weight excluding hydrogens is 1560 g/mol. The molecule has 0 saturated carbocycles. The van der Waals surface area contributed by atoms with Gasteiger partial charge < -0.3 is 29.1 Å². The minimum atomic E-state index is -1.47. The van der Waals surface area contributed by atoms with E-state index in [0.717, 1.165) is 124 Å². The van der Waals surface area contributed by atoms with Crippen LogP contribution in [0.5, 0.6) is 23.0 Å². The lowest BCUT2D eigenvalue weighted by atomic mass is 9.87. The van der Waals surface area contributed by atoms with Gasteiger partial charge in [0.2, 0.25) is 0 Å². The van der Waals surface area contributed by atoms with E-state index >= 15 is 0 Å². The van der Waals surface area contributed by atoms with E-state index in [1.807, 2.05) is 0 Å². The monoisotopic (exact) mass is 1650 g/mol. The summed E-state index contributed by atoms with van der Waals surface area (Å²) in [4.78, 5) is 9.59. The molecule has 21 aromatic rings. The lowest BCUT2D eigenvalue weighted by Gasteiger charge is -2.30. The lowest BCUT2D eigenvalue weighted by Crippen LogP contribution is -2.37. The van der Waals surface area contributed by atoms with Gasteiger partial charge in [-0.3, -0.25) is 0 Å². The Morgan fingerprint density at radius 3 is 0.984 bits per heavy atom. The van der Waals surface area contributed by atoms with E-state index in [9.17, 15) is 0 Å². The van der Waals surface area contributed by atoms with E-state index in [-0.39, 0.29) is 0 Å². The first kappa shape index (κ1) is 77.3. The quantitative estimate of drug-likeness (QED) is 0.0797. The molecule has 23 rings (SSSR count). The second-order valence-electron chi connectivity index (χ2n) is 36.3. The first-order chi connectivity index (χ1) is 61.3. The fraction of sp³-hybridized carbons (Fsp3) is 0.0847. The molecule has 0 aliphatic carbocycles. The molecule has 0 aromatic heterocycles. The van der Waals surface area contributed by atoms with Crippen molar-refractivity contribution in [2.45, 2.75) is 67.0 Å². The number of hydrogen-bond acceptors (Lipinski definition) is 6. The highest BCUT2D eigenvalue weighted by molar-refractivity contribution is 6.89. The van der Waals surface area contributed by atoms with Crippen molar-refractivity contribution in [3.05, 3.63) is 411 Å². The van der Waals surface area contributed by atoms with Gasteiger partial charge in [-0.15, -0.1) is 0 Å². The maximum Gasteiger partial charge on any atom is 0.137 e. The lowest BCUT2D eigenvalue weighted by molar-refractivity contribution is 0.486. The van der Waals surface area contributed by atoms with Crippen LogP contribution < -0.4 is 39.4 Å². The number of para-hydroxylation sites is 4. The summed E-state index contributed by atoms with van der Waals surface area (Å²) in [6.07, 6.45) is 0. The smallest absolute Gasteiger partial charge is 0.137 e. The van der Waals surface area contributed by atoms with Gasteiger partial charge in [0.25, 0.3) is 0 Å². The number of hydrogen-bond donors (Lipinski definition) is 0. The van der Waals surface area contributed by atoms with Crippen LogP contribution in [0.4, 0.5) is 68.2 Å². The van der Waals surface area contributed by atoms with E-state index in [1.165, 1.54) is 119 Å². The maximum absolute atomic E-state index is 7.09.